The zero-order chi connectivity index (χ0) is 10.3. The maximum absolute atomic E-state index is 11.9. The summed E-state index contributed by atoms with van der Waals surface area (Å²) in [5, 5.41) is 0. The minimum Gasteiger partial charge on any atom is -0.297 e. The molecule has 3 heteroatoms. The topological polar surface area (TPSA) is 32.7 Å². The van der Waals surface area contributed by atoms with Gasteiger partial charge < -0.3 is 0 Å². The van der Waals surface area contributed by atoms with Crippen LogP contribution >= 0.6 is 0 Å². The van der Waals surface area contributed by atoms with Crippen LogP contribution in [-0.2, 0) is 11.3 Å². The number of nitrogens with zero attached hydrogens (tertiary/aromatic N) is 2. The molecular weight excluding hydrogens is 188 g/mol. The molecule has 3 rings (SSSR count). The highest BCUT2D eigenvalue weighted by Gasteiger charge is 2.54. The second-order valence-electron chi connectivity index (χ2n) is 4.19. The largest absolute Gasteiger partial charge is 0.297 e. The summed E-state index contributed by atoms with van der Waals surface area (Å²) in [5.41, 5.74) is 0.810. The van der Waals surface area contributed by atoms with Crippen molar-refractivity contribution in [3.05, 3.63) is 35.9 Å². The summed E-state index contributed by atoms with van der Waals surface area (Å²) in [4.78, 5) is 17.9. The highest BCUT2D eigenvalue weighted by atomic mass is 16.2. The van der Waals surface area contributed by atoms with Crippen LogP contribution < -0.4 is 0 Å². The Hall–Kier alpha value is -1.64. The van der Waals surface area contributed by atoms with Gasteiger partial charge in [0.25, 0.3) is 5.91 Å². The molecule has 1 spiro atoms. The summed E-state index contributed by atoms with van der Waals surface area (Å²) in [6.45, 7) is 0.644. The van der Waals surface area contributed by atoms with Crippen LogP contribution in [0.15, 0.2) is 35.3 Å². The molecule has 1 aromatic carbocycles. The predicted octanol–water partition coefficient (Wildman–Crippen LogP) is 1.59. The molecular formula is C12H12N2O. The summed E-state index contributed by atoms with van der Waals surface area (Å²) < 4.78 is 0. The van der Waals surface area contributed by atoms with Crippen molar-refractivity contribution in [1.29, 1.82) is 0 Å². The Morgan fingerprint density at radius 1 is 1.27 bits per heavy atom. The lowest BCUT2D eigenvalue weighted by Gasteiger charge is -2.13. The normalized spacial score (nSPS) is 21.3. The van der Waals surface area contributed by atoms with Gasteiger partial charge >= 0.3 is 0 Å². The van der Waals surface area contributed by atoms with Crippen molar-refractivity contribution in [2.24, 2.45) is 4.99 Å². The molecule has 1 fully saturated rings. The van der Waals surface area contributed by atoms with Gasteiger partial charge in [-0.15, -0.1) is 0 Å². The van der Waals surface area contributed by atoms with E-state index in [4.69, 9.17) is 0 Å². The van der Waals surface area contributed by atoms with E-state index >= 15 is 0 Å². The minimum absolute atomic E-state index is 0.173. The van der Waals surface area contributed by atoms with Crippen LogP contribution in [0.2, 0.25) is 0 Å². The van der Waals surface area contributed by atoms with Crippen LogP contribution in [0, 0.1) is 0 Å². The smallest absolute Gasteiger partial charge is 0.255 e. The molecule has 0 aromatic heterocycles. The lowest BCUT2D eigenvalue weighted by molar-refractivity contribution is -0.128. The van der Waals surface area contributed by atoms with Crippen molar-refractivity contribution in [3.63, 3.8) is 0 Å². The van der Waals surface area contributed by atoms with Crippen LogP contribution in [-0.4, -0.2) is 22.7 Å². The summed E-state index contributed by atoms with van der Waals surface area (Å²) in [7, 11) is 0. The van der Waals surface area contributed by atoms with Gasteiger partial charge in [0.1, 0.15) is 5.54 Å². The highest BCUT2D eigenvalue weighted by Crippen LogP contribution is 2.43. The van der Waals surface area contributed by atoms with E-state index in [1.54, 1.807) is 11.2 Å². The van der Waals surface area contributed by atoms with Gasteiger partial charge in [-0.2, -0.15) is 0 Å². The molecule has 15 heavy (non-hydrogen) atoms. The van der Waals surface area contributed by atoms with E-state index in [2.05, 4.69) is 4.99 Å². The Balaban J connectivity index is 1.76. The molecule has 0 bridgehead atoms. The van der Waals surface area contributed by atoms with Crippen molar-refractivity contribution in [3.8, 4) is 0 Å². The average Bonchev–Trinajstić information content (AvgIpc) is 3.00. The molecule has 1 heterocycles. The van der Waals surface area contributed by atoms with E-state index in [0.717, 1.165) is 18.4 Å². The average molecular weight is 200 g/mol. The molecule has 0 saturated heterocycles. The third-order valence-electron chi connectivity index (χ3n) is 3.02. The van der Waals surface area contributed by atoms with E-state index < -0.39 is 0 Å². The van der Waals surface area contributed by atoms with Crippen LogP contribution in [0.3, 0.4) is 0 Å². The molecule has 76 valence electrons. The number of carbonyl (C=O) groups excluding carboxylic acids is 1. The highest BCUT2D eigenvalue weighted by molar-refractivity contribution is 6.02. The van der Waals surface area contributed by atoms with Gasteiger partial charge in [0, 0.05) is 0 Å². The summed E-state index contributed by atoms with van der Waals surface area (Å²) in [5.74, 6) is 0.173. The van der Waals surface area contributed by atoms with Crippen molar-refractivity contribution in [1.82, 2.24) is 4.90 Å². The van der Waals surface area contributed by atoms with Crippen LogP contribution in [0.5, 0.6) is 0 Å². The fourth-order valence-corrected chi connectivity index (χ4v) is 1.91. The van der Waals surface area contributed by atoms with Gasteiger partial charge in [-0.05, 0) is 18.4 Å². The fraction of sp³-hybridized carbons (Fsp3) is 0.333. The molecule has 3 nitrogen and oxygen atoms in total. The first-order valence-electron chi connectivity index (χ1n) is 5.21. The zero-order valence-electron chi connectivity index (χ0n) is 8.39. The minimum atomic E-state index is -0.339. The second-order valence-corrected chi connectivity index (χ2v) is 4.19. The summed E-state index contributed by atoms with van der Waals surface area (Å²) >= 11 is 0. The Kier molecular flexibility index (Phi) is 1.69. The van der Waals surface area contributed by atoms with E-state index in [9.17, 15) is 4.79 Å². The second kappa shape index (κ2) is 2.92. The lowest BCUT2D eigenvalue weighted by atomic mass is 10.2. The summed E-state index contributed by atoms with van der Waals surface area (Å²) in [6, 6.07) is 10.0. The number of amides is 1. The molecule has 0 unspecified atom stereocenters. The number of benzene rings is 1. The third kappa shape index (κ3) is 1.35. The molecule has 1 amide bonds. The Morgan fingerprint density at radius 3 is 2.60 bits per heavy atom. The fourth-order valence-electron chi connectivity index (χ4n) is 1.91. The van der Waals surface area contributed by atoms with Crippen molar-refractivity contribution < 1.29 is 4.79 Å². The predicted molar refractivity (Wildman–Crippen MR) is 57.4 cm³/mol. The molecule has 0 radical (unpaired) electrons. The molecule has 1 aliphatic heterocycles. The van der Waals surface area contributed by atoms with E-state index in [1.165, 1.54) is 0 Å². The molecule has 1 saturated carbocycles. The summed E-state index contributed by atoms with van der Waals surface area (Å²) in [6.07, 6.45) is 3.55. The van der Waals surface area contributed by atoms with E-state index in [1.807, 2.05) is 30.3 Å². The van der Waals surface area contributed by atoms with Crippen LogP contribution in [0.1, 0.15) is 18.4 Å². The number of hydrogen-bond acceptors (Lipinski definition) is 2. The zero-order valence-corrected chi connectivity index (χ0v) is 8.39. The Labute approximate surface area is 88.4 Å². The van der Waals surface area contributed by atoms with Gasteiger partial charge in [-0.1, -0.05) is 30.3 Å². The maximum Gasteiger partial charge on any atom is 0.255 e. The monoisotopic (exact) mass is 200 g/mol. The molecule has 0 N–H and O–H groups in total. The van der Waals surface area contributed by atoms with Crippen molar-refractivity contribution in [2.75, 3.05) is 0 Å². The number of rotatable bonds is 2. The SMILES string of the molecule is O=C1N(Cc2ccccc2)C=NC12CC2. The van der Waals surface area contributed by atoms with Gasteiger partial charge in [0.05, 0.1) is 12.9 Å². The lowest BCUT2D eigenvalue weighted by Crippen LogP contribution is -2.31. The van der Waals surface area contributed by atoms with Crippen LogP contribution in [0.4, 0.5) is 0 Å². The van der Waals surface area contributed by atoms with E-state index in [-0.39, 0.29) is 11.4 Å². The first-order valence-corrected chi connectivity index (χ1v) is 5.21. The number of hydrogen-bond donors (Lipinski definition) is 0. The quantitative estimate of drug-likeness (QED) is 0.713. The first-order chi connectivity index (χ1) is 7.30. The van der Waals surface area contributed by atoms with Crippen LogP contribution in [0.25, 0.3) is 0 Å². The third-order valence-corrected chi connectivity index (χ3v) is 3.02. The number of aliphatic imine (C=N–C) groups is 1. The standard InChI is InChI=1S/C12H12N2O/c15-11-12(6-7-12)13-9-14(11)8-10-4-2-1-3-5-10/h1-5,9H,6-8H2. The molecule has 0 atom stereocenters. The Bertz CT molecular complexity index is 421. The maximum atomic E-state index is 11.9. The molecule has 2 aliphatic rings. The molecule has 1 aliphatic carbocycles. The Morgan fingerprint density at radius 2 is 2.00 bits per heavy atom. The van der Waals surface area contributed by atoms with Crippen molar-refractivity contribution >= 4 is 12.2 Å². The molecule has 1 aromatic rings. The number of carbonyl (C=O) groups is 1. The van der Waals surface area contributed by atoms with Crippen molar-refractivity contribution in [2.45, 2.75) is 24.9 Å². The van der Waals surface area contributed by atoms with Gasteiger partial charge in [-0.3, -0.25) is 14.7 Å². The van der Waals surface area contributed by atoms with Gasteiger partial charge in [0.2, 0.25) is 0 Å². The van der Waals surface area contributed by atoms with E-state index in [0.29, 0.717) is 6.54 Å². The van der Waals surface area contributed by atoms with Gasteiger partial charge in [-0.25, -0.2) is 0 Å². The van der Waals surface area contributed by atoms with Gasteiger partial charge in [0.15, 0.2) is 0 Å². The first kappa shape index (κ1) is 8.65.